The van der Waals surface area contributed by atoms with Crippen LogP contribution in [0, 0.1) is 11.1 Å². The molecule has 1 aliphatic rings. The maximum absolute atomic E-state index is 12.9. The number of ether oxygens (including phenoxy) is 3. The van der Waals surface area contributed by atoms with E-state index in [4.69, 9.17) is 32.7 Å². The summed E-state index contributed by atoms with van der Waals surface area (Å²) in [5, 5.41) is 11.8. The summed E-state index contributed by atoms with van der Waals surface area (Å²) in [5.74, 6) is -0.457. The van der Waals surface area contributed by atoms with Gasteiger partial charge >= 0.3 is 12.6 Å². The van der Waals surface area contributed by atoms with Gasteiger partial charge in [-0.25, -0.2) is 4.79 Å². The van der Waals surface area contributed by atoms with Crippen LogP contribution in [0.4, 0.5) is 8.78 Å². The Labute approximate surface area is 218 Å². The van der Waals surface area contributed by atoms with Crippen molar-refractivity contribution in [2.24, 2.45) is 5.92 Å². The average molecular weight is 558 g/mol. The number of rotatable bonds is 11. The van der Waals surface area contributed by atoms with Gasteiger partial charge in [0.15, 0.2) is 30.2 Å². The van der Waals surface area contributed by atoms with Crippen molar-refractivity contribution in [3.05, 3.63) is 78.9 Å². The van der Waals surface area contributed by atoms with Crippen molar-refractivity contribution in [3.63, 3.8) is 0 Å². The zero-order valence-corrected chi connectivity index (χ0v) is 20.8. The van der Waals surface area contributed by atoms with Crippen LogP contribution in [0.5, 0.6) is 11.5 Å². The van der Waals surface area contributed by atoms with Crippen molar-refractivity contribution in [3.8, 4) is 11.5 Å². The number of aldehydes is 1. The largest absolute Gasteiger partial charge is 0.619 e. The minimum atomic E-state index is -3.06. The zero-order chi connectivity index (χ0) is 25.8. The molecule has 7 nitrogen and oxygen atoms in total. The topological polar surface area (TPSA) is 88.8 Å². The van der Waals surface area contributed by atoms with Gasteiger partial charge < -0.3 is 19.4 Å². The van der Waals surface area contributed by atoms with Gasteiger partial charge in [0, 0.05) is 12.0 Å². The summed E-state index contributed by atoms with van der Waals surface area (Å²) in [6, 6.07) is 7.17. The molecular formula is C24H19Cl2F2NO6S. The molecule has 0 aliphatic heterocycles. The third-order valence-corrected chi connectivity index (χ3v) is 7.01. The standard InChI is InChI=1S/C24H19Cl2F2NO6S/c25-17-9-29(32)10-18(26)16(17)8-20(34-23(31)22-6-4-15(11-30)36-22)14-3-5-19(35-24(27)28)21(7-14)33-12-13-1-2-13/h3-7,9-11,13,20,24H,1-2,8,12H2/t20-/m0/s1. The number of hydrogen-bond donors (Lipinski definition) is 0. The number of carbonyl (C=O) groups excluding carboxylic acids is 2. The lowest BCUT2D eigenvalue weighted by atomic mass is 10.0. The van der Waals surface area contributed by atoms with E-state index in [9.17, 15) is 23.6 Å². The zero-order valence-electron chi connectivity index (χ0n) is 18.5. The lowest BCUT2D eigenvalue weighted by Crippen LogP contribution is -2.25. The molecule has 0 saturated heterocycles. The highest BCUT2D eigenvalue weighted by Gasteiger charge is 2.27. The summed E-state index contributed by atoms with van der Waals surface area (Å²) in [5.41, 5.74) is 0.741. The van der Waals surface area contributed by atoms with Crippen LogP contribution in [0.2, 0.25) is 10.0 Å². The number of alkyl halides is 2. The van der Waals surface area contributed by atoms with Crippen LogP contribution in [-0.2, 0) is 11.2 Å². The molecule has 0 spiro atoms. The molecular weight excluding hydrogens is 539 g/mol. The van der Waals surface area contributed by atoms with E-state index in [0.717, 1.165) is 36.6 Å². The molecule has 190 valence electrons. The summed E-state index contributed by atoms with van der Waals surface area (Å²) >= 11 is 13.4. The molecule has 12 heteroatoms. The van der Waals surface area contributed by atoms with E-state index < -0.39 is 18.7 Å². The summed E-state index contributed by atoms with van der Waals surface area (Å²) in [4.78, 5) is 24.4. The number of benzene rings is 1. The van der Waals surface area contributed by atoms with Crippen molar-refractivity contribution >= 4 is 46.8 Å². The molecule has 2 aromatic heterocycles. The van der Waals surface area contributed by atoms with Gasteiger partial charge in [0.1, 0.15) is 21.0 Å². The first-order valence-corrected chi connectivity index (χ1v) is 12.3. The van der Waals surface area contributed by atoms with Gasteiger partial charge in [0.05, 0.1) is 11.5 Å². The molecule has 1 atom stereocenters. The highest BCUT2D eigenvalue weighted by atomic mass is 35.5. The molecule has 4 rings (SSSR count). The molecule has 1 saturated carbocycles. The molecule has 0 bridgehead atoms. The molecule has 1 aromatic carbocycles. The fraction of sp³-hybridized carbons (Fsp3) is 0.292. The first kappa shape index (κ1) is 26.1. The van der Waals surface area contributed by atoms with Gasteiger partial charge in [-0.15, -0.1) is 11.3 Å². The molecule has 3 aromatic rings. The van der Waals surface area contributed by atoms with Crippen molar-refractivity contribution in [1.82, 2.24) is 0 Å². The van der Waals surface area contributed by atoms with E-state index in [2.05, 4.69) is 4.74 Å². The highest BCUT2D eigenvalue weighted by molar-refractivity contribution is 7.15. The maximum atomic E-state index is 12.9. The number of esters is 1. The van der Waals surface area contributed by atoms with Gasteiger partial charge in [-0.1, -0.05) is 29.3 Å². The Morgan fingerprint density at radius 2 is 1.89 bits per heavy atom. The van der Waals surface area contributed by atoms with Crippen LogP contribution in [0.15, 0.2) is 42.7 Å². The number of aromatic nitrogens is 1. The minimum Gasteiger partial charge on any atom is -0.619 e. The van der Waals surface area contributed by atoms with Gasteiger partial charge in [0.2, 0.25) is 0 Å². The third-order valence-electron chi connectivity index (χ3n) is 5.37. The smallest absolute Gasteiger partial charge is 0.387 e. The fourth-order valence-electron chi connectivity index (χ4n) is 3.37. The van der Waals surface area contributed by atoms with Crippen molar-refractivity contribution < 1.29 is 37.3 Å². The first-order chi connectivity index (χ1) is 17.2. The lowest BCUT2D eigenvalue weighted by Gasteiger charge is -2.21. The molecule has 1 aliphatic carbocycles. The van der Waals surface area contributed by atoms with Crippen molar-refractivity contribution in [1.29, 1.82) is 0 Å². The van der Waals surface area contributed by atoms with E-state index in [0.29, 0.717) is 39.5 Å². The summed E-state index contributed by atoms with van der Waals surface area (Å²) in [6.45, 7) is -2.73. The third kappa shape index (κ3) is 6.63. The van der Waals surface area contributed by atoms with Gasteiger partial charge in [0.25, 0.3) is 0 Å². The van der Waals surface area contributed by atoms with Crippen LogP contribution in [0.1, 0.15) is 49.4 Å². The van der Waals surface area contributed by atoms with Crippen LogP contribution < -0.4 is 14.2 Å². The summed E-state index contributed by atoms with van der Waals surface area (Å²) < 4.78 is 42.4. The number of pyridine rings is 1. The molecule has 0 amide bonds. The predicted octanol–water partition coefficient (Wildman–Crippen LogP) is 6.03. The number of hydrogen-bond acceptors (Lipinski definition) is 7. The van der Waals surface area contributed by atoms with Crippen LogP contribution in [-0.4, -0.2) is 25.5 Å². The van der Waals surface area contributed by atoms with Crippen molar-refractivity contribution in [2.75, 3.05) is 6.61 Å². The molecule has 36 heavy (non-hydrogen) atoms. The van der Waals surface area contributed by atoms with Gasteiger partial charge in [-0.3, -0.25) is 4.79 Å². The predicted molar refractivity (Wildman–Crippen MR) is 128 cm³/mol. The molecule has 1 fully saturated rings. The number of carbonyl (C=O) groups is 2. The normalized spacial score (nSPS) is 13.9. The fourth-order valence-corrected chi connectivity index (χ4v) is 4.68. The Kier molecular flexibility index (Phi) is 8.28. The van der Waals surface area contributed by atoms with Crippen molar-refractivity contribution in [2.45, 2.75) is 32.0 Å². The summed E-state index contributed by atoms with van der Waals surface area (Å²) in [6.07, 6.45) is 3.78. The number of nitrogens with zero attached hydrogens (tertiary/aromatic N) is 1. The average Bonchev–Trinajstić information content (AvgIpc) is 3.53. The van der Waals surface area contributed by atoms with E-state index in [1.165, 1.54) is 30.3 Å². The maximum Gasteiger partial charge on any atom is 0.387 e. The van der Waals surface area contributed by atoms with E-state index >= 15 is 0 Å². The van der Waals surface area contributed by atoms with Gasteiger partial charge in [-0.2, -0.15) is 13.5 Å². The quantitative estimate of drug-likeness (QED) is 0.124. The van der Waals surface area contributed by atoms with E-state index in [-0.39, 0.29) is 32.8 Å². The Morgan fingerprint density at radius 3 is 2.50 bits per heavy atom. The monoisotopic (exact) mass is 557 g/mol. The second-order valence-corrected chi connectivity index (χ2v) is 9.98. The minimum absolute atomic E-state index is 0.0344. The number of thiophene rings is 1. The SMILES string of the molecule is O=Cc1ccc(C(=O)O[C@@H](Cc2c(Cl)c[n+]([O-])cc2Cl)c2ccc(OC(F)F)c(OCC3CC3)c2)s1. The molecule has 0 radical (unpaired) electrons. The lowest BCUT2D eigenvalue weighted by molar-refractivity contribution is -0.605. The molecule has 2 heterocycles. The van der Waals surface area contributed by atoms with Crippen LogP contribution in [0.3, 0.4) is 0 Å². The Bertz CT molecular complexity index is 1240. The highest BCUT2D eigenvalue weighted by Crippen LogP contribution is 2.38. The van der Waals surface area contributed by atoms with E-state index in [1.54, 1.807) is 0 Å². The van der Waals surface area contributed by atoms with Crippen LogP contribution >= 0.6 is 34.5 Å². The van der Waals surface area contributed by atoms with Gasteiger partial charge in [-0.05, 0) is 48.6 Å². The first-order valence-electron chi connectivity index (χ1n) is 10.8. The van der Waals surface area contributed by atoms with Crippen LogP contribution in [0.25, 0.3) is 0 Å². The number of halogens is 4. The second kappa shape index (κ2) is 11.4. The summed E-state index contributed by atoms with van der Waals surface area (Å²) in [7, 11) is 0. The van der Waals surface area contributed by atoms with E-state index in [1.807, 2.05) is 0 Å². The Balaban J connectivity index is 1.68. The molecule has 0 unspecified atom stereocenters. The Morgan fingerprint density at radius 1 is 1.17 bits per heavy atom. The molecule has 0 N–H and O–H groups in total. The Hall–Kier alpha value is -2.95. The second-order valence-electron chi connectivity index (χ2n) is 8.05.